The maximum absolute atomic E-state index is 15.2. The molecular weight excluding hydrogens is 513 g/mol. The van der Waals surface area contributed by atoms with Gasteiger partial charge >= 0.3 is 0 Å². The van der Waals surface area contributed by atoms with Crippen molar-refractivity contribution in [2.45, 2.75) is 25.7 Å². The molecule has 31 heavy (non-hydrogen) atoms. The third-order valence-corrected chi connectivity index (χ3v) is 6.09. The van der Waals surface area contributed by atoms with Crippen LogP contribution in [0.2, 0.25) is 5.02 Å². The van der Waals surface area contributed by atoms with Crippen molar-refractivity contribution in [2.75, 3.05) is 18.5 Å². The first-order valence-corrected chi connectivity index (χ1v) is 11.3. The second-order valence-corrected chi connectivity index (χ2v) is 9.46. The molecular formula is C20H18BrClFN3O4S. The number of halogens is 3. The molecule has 2 aromatic carbocycles. The van der Waals surface area contributed by atoms with Crippen molar-refractivity contribution in [1.29, 1.82) is 0 Å². The van der Waals surface area contributed by atoms with Crippen molar-refractivity contribution < 1.29 is 23.5 Å². The number of thiazole rings is 1. The Morgan fingerprint density at radius 2 is 2.26 bits per heavy atom. The molecule has 1 saturated heterocycles. The predicted octanol–water partition coefficient (Wildman–Crippen LogP) is 5.41. The third kappa shape index (κ3) is 5.00. The van der Waals surface area contributed by atoms with Crippen LogP contribution in [0.25, 0.3) is 10.2 Å². The zero-order chi connectivity index (χ0) is 22.2. The minimum Gasteiger partial charge on any atom is -0.351 e. The van der Waals surface area contributed by atoms with Crippen LogP contribution in [0.5, 0.6) is 0 Å². The van der Waals surface area contributed by atoms with Crippen molar-refractivity contribution in [3.8, 4) is 0 Å². The number of ether oxygens (including phenoxy) is 2. The fraction of sp³-hybridized carbons (Fsp3) is 0.300. The van der Waals surface area contributed by atoms with E-state index in [1.165, 1.54) is 16.8 Å². The molecule has 0 spiro atoms. The van der Waals surface area contributed by atoms with Crippen LogP contribution in [0.3, 0.4) is 0 Å². The Kier molecular flexibility index (Phi) is 6.47. The van der Waals surface area contributed by atoms with Crippen LogP contribution >= 0.6 is 38.9 Å². The highest BCUT2D eigenvalue weighted by Gasteiger charge is 2.33. The van der Waals surface area contributed by atoms with Crippen LogP contribution in [0.1, 0.15) is 24.2 Å². The van der Waals surface area contributed by atoms with Gasteiger partial charge in [0.25, 0.3) is 5.91 Å². The summed E-state index contributed by atoms with van der Waals surface area (Å²) in [4.78, 5) is 22.2. The summed E-state index contributed by atoms with van der Waals surface area (Å²) in [7, 11) is 0. The zero-order valence-corrected chi connectivity index (χ0v) is 19.7. The third-order valence-electron chi connectivity index (χ3n) is 4.50. The molecule has 1 fully saturated rings. The Morgan fingerprint density at radius 1 is 1.45 bits per heavy atom. The zero-order valence-electron chi connectivity index (χ0n) is 16.5. The van der Waals surface area contributed by atoms with Gasteiger partial charge in [-0.3, -0.25) is 9.63 Å². The highest BCUT2D eigenvalue weighted by molar-refractivity contribution is 9.10. The van der Waals surface area contributed by atoms with Gasteiger partial charge in [-0.1, -0.05) is 27.5 Å². The van der Waals surface area contributed by atoms with Crippen LogP contribution in [0, 0.1) is 5.82 Å². The molecule has 1 aromatic heterocycles. The lowest BCUT2D eigenvalue weighted by atomic mass is 10.1. The molecule has 0 saturated carbocycles. The number of hydroxylamine groups is 1. The van der Waals surface area contributed by atoms with Crippen molar-refractivity contribution in [1.82, 2.24) is 10.5 Å². The summed E-state index contributed by atoms with van der Waals surface area (Å²) in [5.41, 5.74) is 4.47. The number of hydrogen-bond donors (Lipinski definition) is 2. The molecule has 1 aliphatic rings. The van der Waals surface area contributed by atoms with Gasteiger partial charge in [0, 0.05) is 4.47 Å². The molecule has 1 atom stereocenters. The summed E-state index contributed by atoms with van der Waals surface area (Å²) >= 11 is 10.8. The van der Waals surface area contributed by atoms with Gasteiger partial charge in [0.05, 0.1) is 38.8 Å². The number of nitrogens with zero attached hydrogens (tertiary/aromatic N) is 1. The molecule has 0 bridgehead atoms. The highest BCUT2D eigenvalue weighted by Crippen LogP contribution is 2.35. The lowest BCUT2D eigenvalue weighted by Crippen LogP contribution is -2.31. The standard InChI is InChI=1S/C20H18BrClFN3O4S/c1-20(2)28-7-11(30-20)8-29-26-19(27)12-6-15-18(24-9-31-15)16(23)17(12)25-14-4-3-10(21)5-13(14)22/h3-6,9,11,25H,7-8H2,1-2H3,(H,26,27). The van der Waals surface area contributed by atoms with Crippen LogP contribution in [0.15, 0.2) is 34.2 Å². The Bertz CT molecular complexity index is 1140. The Morgan fingerprint density at radius 3 is 2.97 bits per heavy atom. The molecule has 0 aliphatic carbocycles. The molecule has 2 N–H and O–H groups in total. The van der Waals surface area contributed by atoms with E-state index in [1.54, 1.807) is 38.1 Å². The molecule has 4 rings (SSSR count). The lowest BCUT2D eigenvalue weighted by Gasteiger charge is -2.17. The lowest BCUT2D eigenvalue weighted by molar-refractivity contribution is -0.147. The van der Waals surface area contributed by atoms with Gasteiger partial charge < -0.3 is 14.8 Å². The summed E-state index contributed by atoms with van der Waals surface area (Å²) in [6.45, 7) is 4.02. The van der Waals surface area contributed by atoms with E-state index in [2.05, 4.69) is 31.7 Å². The van der Waals surface area contributed by atoms with Crippen molar-refractivity contribution in [3.05, 3.63) is 50.7 Å². The number of nitrogens with one attached hydrogen (secondary N) is 2. The number of hydrogen-bond acceptors (Lipinski definition) is 7. The summed E-state index contributed by atoms with van der Waals surface area (Å²) in [5, 5.41) is 3.27. The summed E-state index contributed by atoms with van der Waals surface area (Å²) in [5.74, 6) is -1.97. The molecule has 2 heterocycles. The minimum absolute atomic E-state index is 0.0506. The van der Waals surface area contributed by atoms with Crippen LogP contribution in [-0.2, 0) is 14.3 Å². The van der Waals surface area contributed by atoms with E-state index in [0.29, 0.717) is 22.0 Å². The van der Waals surface area contributed by atoms with Gasteiger partial charge in [-0.25, -0.2) is 14.9 Å². The molecule has 7 nitrogen and oxygen atoms in total. The van der Waals surface area contributed by atoms with E-state index in [4.69, 9.17) is 25.9 Å². The number of fused-ring (bicyclic) bond motifs is 1. The predicted molar refractivity (Wildman–Crippen MR) is 120 cm³/mol. The first-order valence-electron chi connectivity index (χ1n) is 9.25. The number of aromatic nitrogens is 1. The second-order valence-electron chi connectivity index (χ2n) is 7.25. The van der Waals surface area contributed by atoms with Crippen LogP contribution in [-0.4, -0.2) is 36.0 Å². The maximum atomic E-state index is 15.2. The van der Waals surface area contributed by atoms with Crippen molar-refractivity contribution in [2.24, 2.45) is 0 Å². The molecule has 1 aliphatic heterocycles. The van der Waals surface area contributed by atoms with E-state index in [0.717, 1.165) is 4.47 Å². The van der Waals surface area contributed by atoms with Gasteiger partial charge in [0.1, 0.15) is 18.2 Å². The van der Waals surface area contributed by atoms with Crippen LogP contribution < -0.4 is 10.8 Å². The quantitative estimate of drug-likeness (QED) is 0.415. The molecule has 1 amide bonds. The Balaban J connectivity index is 1.57. The monoisotopic (exact) mass is 529 g/mol. The Labute approximate surface area is 194 Å². The topological polar surface area (TPSA) is 81.7 Å². The fourth-order valence-electron chi connectivity index (χ4n) is 3.09. The Hall–Kier alpha value is -1.82. The first kappa shape index (κ1) is 22.4. The number of rotatable bonds is 6. The van der Waals surface area contributed by atoms with Crippen molar-refractivity contribution in [3.63, 3.8) is 0 Å². The van der Waals surface area contributed by atoms with Gasteiger partial charge in [0.2, 0.25) is 0 Å². The molecule has 3 aromatic rings. The van der Waals surface area contributed by atoms with Crippen molar-refractivity contribution >= 4 is 66.4 Å². The molecule has 164 valence electrons. The van der Waals surface area contributed by atoms with Gasteiger partial charge in [-0.15, -0.1) is 11.3 Å². The van der Waals surface area contributed by atoms with E-state index in [9.17, 15) is 4.79 Å². The molecule has 0 radical (unpaired) electrons. The highest BCUT2D eigenvalue weighted by atomic mass is 79.9. The van der Waals surface area contributed by atoms with Gasteiger partial charge in [-0.05, 0) is 38.1 Å². The second kappa shape index (κ2) is 8.97. The summed E-state index contributed by atoms with van der Waals surface area (Å²) in [6, 6.07) is 6.65. The molecule has 11 heteroatoms. The van der Waals surface area contributed by atoms with E-state index >= 15 is 4.39 Å². The SMILES string of the molecule is CC1(C)OCC(CONC(=O)c2cc3scnc3c(F)c2Nc2ccc(Br)cc2Cl)O1. The largest absolute Gasteiger partial charge is 0.351 e. The minimum atomic E-state index is -0.695. The van der Waals surface area contributed by atoms with Gasteiger partial charge in [0.15, 0.2) is 11.6 Å². The number of benzene rings is 2. The average molecular weight is 531 g/mol. The summed E-state index contributed by atoms with van der Waals surface area (Å²) < 4.78 is 27.6. The van der Waals surface area contributed by atoms with Crippen LogP contribution in [0.4, 0.5) is 15.8 Å². The first-order chi connectivity index (χ1) is 14.7. The summed E-state index contributed by atoms with van der Waals surface area (Å²) in [6.07, 6.45) is -0.324. The number of anilines is 2. The average Bonchev–Trinajstić information content (AvgIpc) is 3.31. The number of amides is 1. The van der Waals surface area contributed by atoms with Gasteiger partial charge in [-0.2, -0.15) is 0 Å². The molecule has 1 unspecified atom stereocenters. The smallest absolute Gasteiger partial charge is 0.277 e. The van der Waals surface area contributed by atoms with E-state index in [1.807, 2.05) is 0 Å². The number of carbonyl (C=O) groups excluding carboxylic acids is 1. The fourth-order valence-corrected chi connectivity index (χ4v) is 4.52. The normalized spacial score (nSPS) is 17.8. The maximum Gasteiger partial charge on any atom is 0.277 e. The number of carbonyl (C=O) groups is 1. The van der Waals surface area contributed by atoms with E-state index < -0.39 is 17.5 Å². The van der Waals surface area contributed by atoms with E-state index in [-0.39, 0.29) is 29.5 Å².